The summed E-state index contributed by atoms with van der Waals surface area (Å²) in [5.41, 5.74) is 0.233. The molecule has 17 heavy (non-hydrogen) atoms. The normalized spacial score (nSPS) is 13.1. The van der Waals surface area contributed by atoms with Gasteiger partial charge in [0.25, 0.3) is 0 Å². The molecule has 5 nitrogen and oxygen atoms in total. The Bertz CT molecular complexity index is 365. The van der Waals surface area contributed by atoms with E-state index in [9.17, 15) is 9.59 Å². The zero-order chi connectivity index (χ0) is 13.4. The maximum Gasteiger partial charge on any atom is 0.348 e. The molecule has 0 aliphatic carbocycles. The molecule has 0 amide bonds. The fourth-order valence-corrected chi connectivity index (χ4v) is 1.16. The highest BCUT2D eigenvalue weighted by Crippen LogP contribution is 2.17. The third kappa shape index (κ3) is 4.27. The maximum absolute atomic E-state index is 11.5. The zero-order valence-electron chi connectivity index (χ0n) is 10.6. The van der Waals surface area contributed by atoms with E-state index in [0.717, 1.165) is 0 Å². The van der Waals surface area contributed by atoms with E-state index in [0.29, 0.717) is 5.57 Å². The standard InChI is InChI=1S/C12H17NO4/c1-5-16-11(14)9(4)8(3)10(7-13)12(15)17-6-2/h9H,5-6H2,1-4H3. The second-order valence-corrected chi connectivity index (χ2v) is 3.36. The monoisotopic (exact) mass is 239 g/mol. The quantitative estimate of drug-likeness (QED) is 0.413. The number of rotatable bonds is 5. The second kappa shape index (κ2) is 7.44. The molecule has 0 spiro atoms. The Kier molecular flexibility index (Phi) is 6.64. The van der Waals surface area contributed by atoms with Gasteiger partial charge in [0.05, 0.1) is 19.1 Å². The van der Waals surface area contributed by atoms with Crippen LogP contribution in [0, 0.1) is 17.2 Å². The highest BCUT2D eigenvalue weighted by atomic mass is 16.5. The fourth-order valence-electron chi connectivity index (χ4n) is 1.16. The average Bonchev–Trinajstić information content (AvgIpc) is 2.29. The summed E-state index contributed by atoms with van der Waals surface area (Å²) >= 11 is 0. The van der Waals surface area contributed by atoms with Gasteiger partial charge in [-0.2, -0.15) is 5.26 Å². The largest absolute Gasteiger partial charge is 0.466 e. The van der Waals surface area contributed by atoms with E-state index in [4.69, 9.17) is 14.7 Å². The van der Waals surface area contributed by atoms with Gasteiger partial charge in [0.15, 0.2) is 0 Å². The Labute approximate surface area is 101 Å². The molecule has 0 heterocycles. The van der Waals surface area contributed by atoms with Crippen LogP contribution in [-0.4, -0.2) is 25.2 Å². The molecule has 94 valence electrons. The number of carbonyl (C=O) groups excluding carboxylic acids is 2. The molecule has 1 atom stereocenters. The SMILES string of the molecule is CCOC(=O)C(C#N)=C(C)C(C)C(=O)OCC. The molecule has 0 rings (SSSR count). The molecule has 0 aromatic carbocycles. The van der Waals surface area contributed by atoms with Crippen molar-refractivity contribution in [3.05, 3.63) is 11.1 Å². The van der Waals surface area contributed by atoms with Crippen molar-refractivity contribution in [1.29, 1.82) is 5.26 Å². The molecule has 0 aromatic heterocycles. The summed E-state index contributed by atoms with van der Waals surface area (Å²) in [6, 6.07) is 1.76. The van der Waals surface area contributed by atoms with Crippen molar-refractivity contribution in [3.8, 4) is 6.07 Å². The first-order valence-corrected chi connectivity index (χ1v) is 5.44. The fraction of sp³-hybridized carbons (Fsp3) is 0.583. The van der Waals surface area contributed by atoms with Crippen LogP contribution < -0.4 is 0 Å². The molecular weight excluding hydrogens is 222 g/mol. The molecule has 0 radical (unpaired) electrons. The Morgan fingerprint density at radius 2 is 1.76 bits per heavy atom. The van der Waals surface area contributed by atoms with E-state index >= 15 is 0 Å². The number of esters is 2. The summed E-state index contributed by atoms with van der Waals surface area (Å²) in [7, 11) is 0. The molecule has 0 aromatic rings. The predicted molar refractivity (Wildman–Crippen MR) is 60.7 cm³/mol. The van der Waals surface area contributed by atoms with Crippen molar-refractivity contribution in [1.82, 2.24) is 0 Å². The Hall–Kier alpha value is -1.83. The van der Waals surface area contributed by atoms with Gasteiger partial charge in [-0.1, -0.05) is 0 Å². The van der Waals surface area contributed by atoms with E-state index < -0.39 is 17.9 Å². The van der Waals surface area contributed by atoms with E-state index in [2.05, 4.69) is 0 Å². The smallest absolute Gasteiger partial charge is 0.348 e. The van der Waals surface area contributed by atoms with Crippen molar-refractivity contribution in [2.75, 3.05) is 13.2 Å². The lowest BCUT2D eigenvalue weighted by Gasteiger charge is -2.12. The van der Waals surface area contributed by atoms with Gasteiger partial charge in [-0.25, -0.2) is 4.79 Å². The predicted octanol–water partition coefficient (Wildman–Crippen LogP) is 1.59. The van der Waals surface area contributed by atoms with Gasteiger partial charge in [-0.15, -0.1) is 0 Å². The molecular formula is C12H17NO4. The first kappa shape index (κ1) is 15.2. The summed E-state index contributed by atoms with van der Waals surface area (Å²) in [4.78, 5) is 22.9. The minimum absolute atomic E-state index is 0.132. The van der Waals surface area contributed by atoms with Crippen molar-refractivity contribution >= 4 is 11.9 Å². The molecule has 5 heteroatoms. The van der Waals surface area contributed by atoms with Crippen molar-refractivity contribution in [2.24, 2.45) is 5.92 Å². The Morgan fingerprint density at radius 1 is 1.24 bits per heavy atom. The van der Waals surface area contributed by atoms with Crippen molar-refractivity contribution in [2.45, 2.75) is 27.7 Å². The third-order valence-electron chi connectivity index (χ3n) is 2.28. The second-order valence-electron chi connectivity index (χ2n) is 3.36. The van der Waals surface area contributed by atoms with E-state index in [1.54, 1.807) is 33.8 Å². The first-order chi connectivity index (χ1) is 7.99. The summed E-state index contributed by atoms with van der Waals surface area (Å²) in [5.74, 6) is -1.79. The Balaban J connectivity index is 5.04. The molecule has 0 saturated carbocycles. The number of nitriles is 1. The summed E-state index contributed by atoms with van der Waals surface area (Å²) in [6.45, 7) is 6.93. The lowest BCUT2D eigenvalue weighted by Crippen LogP contribution is -2.19. The van der Waals surface area contributed by atoms with Crippen LogP contribution in [-0.2, 0) is 19.1 Å². The topological polar surface area (TPSA) is 76.4 Å². The van der Waals surface area contributed by atoms with Gasteiger partial charge in [-0.3, -0.25) is 4.79 Å². The van der Waals surface area contributed by atoms with Gasteiger partial charge < -0.3 is 9.47 Å². The lowest BCUT2D eigenvalue weighted by molar-refractivity contribution is -0.146. The number of hydrogen-bond donors (Lipinski definition) is 0. The molecule has 0 saturated heterocycles. The summed E-state index contributed by atoms with van der Waals surface area (Å²) < 4.78 is 9.56. The minimum atomic E-state index is -0.705. The van der Waals surface area contributed by atoms with Crippen LogP contribution in [0.5, 0.6) is 0 Å². The van der Waals surface area contributed by atoms with Crippen molar-refractivity contribution < 1.29 is 19.1 Å². The van der Waals surface area contributed by atoms with E-state index in [1.165, 1.54) is 0 Å². The van der Waals surface area contributed by atoms with E-state index in [-0.39, 0.29) is 18.8 Å². The average molecular weight is 239 g/mol. The number of carbonyl (C=O) groups is 2. The number of hydrogen-bond acceptors (Lipinski definition) is 5. The van der Waals surface area contributed by atoms with Crippen LogP contribution >= 0.6 is 0 Å². The lowest BCUT2D eigenvalue weighted by atomic mass is 9.98. The first-order valence-electron chi connectivity index (χ1n) is 5.44. The summed E-state index contributed by atoms with van der Waals surface area (Å²) in [5, 5.41) is 8.89. The third-order valence-corrected chi connectivity index (χ3v) is 2.28. The molecule has 0 aliphatic rings. The van der Waals surface area contributed by atoms with Crippen LogP contribution in [0.1, 0.15) is 27.7 Å². The molecule has 1 unspecified atom stereocenters. The molecule has 0 N–H and O–H groups in total. The van der Waals surface area contributed by atoms with Gasteiger partial charge >= 0.3 is 11.9 Å². The molecule has 0 fully saturated rings. The van der Waals surface area contributed by atoms with Crippen molar-refractivity contribution in [3.63, 3.8) is 0 Å². The van der Waals surface area contributed by atoms with Crippen LogP contribution in [0.3, 0.4) is 0 Å². The molecule has 0 aliphatic heterocycles. The molecule has 0 bridgehead atoms. The van der Waals surface area contributed by atoms with Gasteiger partial charge in [0, 0.05) is 0 Å². The number of ether oxygens (including phenoxy) is 2. The zero-order valence-corrected chi connectivity index (χ0v) is 10.6. The highest BCUT2D eigenvalue weighted by molar-refractivity contribution is 5.94. The van der Waals surface area contributed by atoms with Gasteiger partial charge in [-0.05, 0) is 33.3 Å². The van der Waals surface area contributed by atoms with E-state index in [1.807, 2.05) is 0 Å². The van der Waals surface area contributed by atoms with Crippen LogP contribution in [0.25, 0.3) is 0 Å². The van der Waals surface area contributed by atoms with Crippen LogP contribution in [0.15, 0.2) is 11.1 Å². The number of nitrogens with zero attached hydrogens (tertiary/aromatic N) is 1. The van der Waals surface area contributed by atoms with Gasteiger partial charge in [0.1, 0.15) is 11.6 Å². The highest BCUT2D eigenvalue weighted by Gasteiger charge is 2.23. The van der Waals surface area contributed by atoms with Gasteiger partial charge in [0.2, 0.25) is 0 Å². The van der Waals surface area contributed by atoms with Crippen LogP contribution in [0.2, 0.25) is 0 Å². The minimum Gasteiger partial charge on any atom is -0.466 e. The van der Waals surface area contributed by atoms with Crippen LogP contribution in [0.4, 0.5) is 0 Å². The maximum atomic E-state index is 11.5. The Morgan fingerprint density at radius 3 is 2.18 bits per heavy atom. The summed E-state index contributed by atoms with van der Waals surface area (Å²) in [6.07, 6.45) is 0.